The summed E-state index contributed by atoms with van der Waals surface area (Å²) in [6.45, 7) is 1.39. The monoisotopic (exact) mass is 499 g/mol. The molecule has 0 fully saturated rings. The Bertz CT molecular complexity index is 1350. The van der Waals surface area contributed by atoms with Gasteiger partial charge in [-0.05, 0) is 62.6 Å². The first-order chi connectivity index (χ1) is 17.8. The molecule has 2 N–H and O–H groups in total. The van der Waals surface area contributed by atoms with Crippen LogP contribution >= 0.6 is 0 Å². The van der Waals surface area contributed by atoms with Crippen molar-refractivity contribution in [3.8, 4) is 0 Å². The van der Waals surface area contributed by atoms with E-state index in [0.717, 1.165) is 12.1 Å². The number of carbonyl (C=O) groups is 3. The van der Waals surface area contributed by atoms with Gasteiger partial charge >= 0.3 is 5.97 Å². The molecule has 2 amide bonds. The van der Waals surface area contributed by atoms with E-state index in [1.165, 1.54) is 7.11 Å². The number of nitrogens with zero attached hydrogens (tertiary/aromatic N) is 3. The van der Waals surface area contributed by atoms with Crippen LogP contribution in [0.2, 0.25) is 0 Å². The van der Waals surface area contributed by atoms with Crippen LogP contribution in [0.25, 0.3) is 11.3 Å². The largest absolute Gasteiger partial charge is 0.465 e. The summed E-state index contributed by atoms with van der Waals surface area (Å²) >= 11 is 0. The number of nitrogens with one attached hydrogen (secondary N) is 2. The van der Waals surface area contributed by atoms with E-state index >= 15 is 0 Å². The SMILES string of the molecule is COC(=O)c1ccc2c(c1)NC(=O)/C2=C(\Nc1ccc(C(=O)N(C)CCN(C)C)cc1)c1ccncc1. The van der Waals surface area contributed by atoms with Crippen LogP contribution < -0.4 is 10.6 Å². The minimum atomic E-state index is -0.482. The highest BCUT2D eigenvalue weighted by Gasteiger charge is 2.29. The van der Waals surface area contributed by atoms with Crippen molar-refractivity contribution in [2.75, 3.05) is 52.0 Å². The lowest BCUT2D eigenvalue weighted by Gasteiger charge is -2.20. The molecule has 0 aliphatic carbocycles. The van der Waals surface area contributed by atoms with Gasteiger partial charge in [-0.3, -0.25) is 14.6 Å². The zero-order valence-electron chi connectivity index (χ0n) is 21.2. The zero-order chi connectivity index (χ0) is 26.5. The molecular formula is C28H29N5O4. The maximum Gasteiger partial charge on any atom is 0.337 e. The molecule has 0 saturated carbocycles. The van der Waals surface area contributed by atoms with Crippen LogP contribution in [0.3, 0.4) is 0 Å². The van der Waals surface area contributed by atoms with Crippen molar-refractivity contribution >= 4 is 40.4 Å². The Morgan fingerprint density at radius 1 is 0.919 bits per heavy atom. The van der Waals surface area contributed by atoms with E-state index in [-0.39, 0.29) is 11.8 Å². The molecule has 3 aromatic rings. The van der Waals surface area contributed by atoms with E-state index in [1.807, 2.05) is 31.1 Å². The third kappa shape index (κ3) is 5.68. The van der Waals surface area contributed by atoms with Gasteiger partial charge < -0.3 is 25.2 Å². The number of carbonyl (C=O) groups excluding carboxylic acids is 3. The Labute approximate surface area is 215 Å². The number of likely N-dealkylation sites (N-methyl/N-ethyl adjacent to an activating group) is 2. The fraction of sp³-hybridized carbons (Fsp3) is 0.214. The Morgan fingerprint density at radius 2 is 1.59 bits per heavy atom. The van der Waals surface area contributed by atoms with Gasteiger partial charge in [0.15, 0.2) is 0 Å². The van der Waals surface area contributed by atoms with Gasteiger partial charge in [-0.2, -0.15) is 0 Å². The first-order valence-corrected chi connectivity index (χ1v) is 11.7. The second-order valence-electron chi connectivity index (χ2n) is 8.92. The van der Waals surface area contributed by atoms with Crippen LogP contribution in [0.15, 0.2) is 67.0 Å². The molecular weight excluding hydrogens is 470 g/mol. The van der Waals surface area contributed by atoms with E-state index in [1.54, 1.807) is 66.8 Å². The van der Waals surface area contributed by atoms with Gasteiger partial charge in [-0.1, -0.05) is 6.07 Å². The number of benzene rings is 2. The van der Waals surface area contributed by atoms with Crippen LogP contribution in [0, 0.1) is 0 Å². The normalized spacial score (nSPS) is 13.6. The van der Waals surface area contributed by atoms with E-state index in [0.29, 0.717) is 45.9 Å². The summed E-state index contributed by atoms with van der Waals surface area (Å²) in [5.74, 6) is -0.846. The molecule has 1 aromatic heterocycles. The Balaban J connectivity index is 1.67. The predicted octanol–water partition coefficient (Wildman–Crippen LogP) is 3.43. The van der Waals surface area contributed by atoms with Crippen molar-refractivity contribution in [2.24, 2.45) is 0 Å². The molecule has 0 unspecified atom stereocenters. The highest BCUT2D eigenvalue weighted by molar-refractivity contribution is 6.37. The summed E-state index contributed by atoms with van der Waals surface area (Å²) in [5, 5.41) is 6.21. The molecule has 9 nitrogen and oxygen atoms in total. The van der Waals surface area contributed by atoms with Gasteiger partial charge in [0, 0.05) is 54.9 Å². The van der Waals surface area contributed by atoms with Crippen LogP contribution in [-0.4, -0.2) is 73.9 Å². The molecule has 37 heavy (non-hydrogen) atoms. The van der Waals surface area contributed by atoms with Gasteiger partial charge in [0.2, 0.25) is 0 Å². The molecule has 0 bridgehead atoms. The minimum Gasteiger partial charge on any atom is -0.465 e. The number of methoxy groups -OCH3 is 1. The second-order valence-corrected chi connectivity index (χ2v) is 8.92. The van der Waals surface area contributed by atoms with Crippen molar-refractivity contribution in [1.82, 2.24) is 14.8 Å². The summed E-state index contributed by atoms with van der Waals surface area (Å²) in [7, 11) is 7.03. The zero-order valence-corrected chi connectivity index (χ0v) is 21.2. The van der Waals surface area contributed by atoms with Gasteiger partial charge in [0.25, 0.3) is 11.8 Å². The number of ether oxygens (including phenoxy) is 1. The van der Waals surface area contributed by atoms with Crippen molar-refractivity contribution in [1.29, 1.82) is 0 Å². The average molecular weight is 500 g/mol. The molecule has 0 atom stereocenters. The van der Waals surface area contributed by atoms with Gasteiger partial charge in [0.05, 0.1) is 29.6 Å². The van der Waals surface area contributed by atoms with E-state index in [2.05, 4.69) is 15.6 Å². The lowest BCUT2D eigenvalue weighted by Crippen LogP contribution is -2.33. The van der Waals surface area contributed by atoms with Crippen molar-refractivity contribution in [3.05, 3.63) is 89.2 Å². The summed E-state index contributed by atoms with van der Waals surface area (Å²) in [6.07, 6.45) is 3.30. The van der Waals surface area contributed by atoms with Crippen molar-refractivity contribution < 1.29 is 19.1 Å². The number of rotatable bonds is 8. The molecule has 2 aromatic carbocycles. The molecule has 190 valence electrons. The molecule has 1 aliphatic heterocycles. The lowest BCUT2D eigenvalue weighted by molar-refractivity contribution is -0.110. The summed E-state index contributed by atoms with van der Waals surface area (Å²) < 4.78 is 4.80. The summed E-state index contributed by atoms with van der Waals surface area (Å²) in [4.78, 5) is 45.7. The number of amides is 2. The van der Waals surface area contributed by atoms with Gasteiger partial charge in [0.1, 0.15) is 0 Å². The summed E-state index contributed by atoms with van der Waals surface area (Å²) in [5.41, 5.74) is 4.58. The topological polar surface area (TPSA) is 104 Å². The number of aromatic nitrogens is 1. The number of esters is 1. The molecule has 2 heterocycles. The van der Waals surface area contributed by atoms with Gasteiger partial charge in [-0.15, -0.1) is 0 Å². The van der Waals surface area contributed by atoms with Crippen molar-refractivity contribution in [3.63, 3.8) is 0 Å². The molecule has 4 rings (SSSR count). The second kappa shape index (κ2) is 11.0. The molecule has 9 heteroatoms. The smallest absolute Gasteiger partial charge is 0.337 e. The van der Waals surface area contributed by atoms with Crippen LogP contribution in [0.4, 0.5) is 11.4 Å². The van der Waals surface area contributed by atoms with Gasteiger partial charge in [-0.25, -0.2) is 4.79 Å². The molecule has 1 aliphatic rings. The van der Waals surface area contributed by atoms with E-state index < -0.39 is 5.97 Å². The predicted molar refractivity (Wildman–Crippen MR) is 143 cm³/mol. The van der Waals surface area contributed by atoms with E-state index in [4.69, 9.17) is 4.74 Å². The quantitative estimate of drug-likeness (QED) is 0.361. The summed E-state index contributed by atoms with van der Waals surface area (Å²) in [6, 6.07) is 15.7. The standard InChI is InChI=1S/C28H29N5O4/c1-32(2)15-16-33(3)27(35)19-5-8-21(9-6-19)30-25(18-11-13-29-14-12-18)24-22-10-7-20(28(36)37-4)17-23(22)31-26(24)34/h5-14,17,30H,15-16H2,1-4H3,(H,31,34)/b25-24-. The third-order valence-corrected chi connectivity index (χ3v) is 6.03. The lowest BCUT2D eigenvalue weighted by atomic mass is 9.99. The Hall–Kier alpha value is -4.50. The minimum absolute atomic E-state index is 0.0633. The fourth-order valence-corrected chi connectivity index (χ4v) is 3.98. The fourth-order valence-electron chi connectivity index (χ4n) is 3.98. The Morgan fingerprint density at radius 3 is 2.24 bits per heavy atom. The number of pyridine rings is 1. The maximum atomic E-state index is 13.1. The number of anilines is 2. The van der Waals surface area contributed by atoms with Crippen LogP contribution in [0.1, 0.15) is 31.8 Å². The number of hydrogen-bond acceptors (Lipinski definition) is 7. The first-order valence-electron chi connectivity index (χ1n) is 11.7. The molecule has 0 radical (unpaired) electrons. The van der Waals surface area contributed by atoms with Crippen LogP contribution in [-0.2, 0) is 9.53 Å². The highest BCUT2D eigenvalue weighted by Crippen LogP contribution is 2.38. The van der Waals surface area contributed by atoms with Crippen molar-refractivity contribution in [2.45, 2.75) is 0 Å². The molecule has 0 saturated heterocycles. The Kier molecular flexibility index (Phi) is 7.64. The van der Waals surface area contributed by atoms with Crippen LogP contribution in [0.5, 0.6) is 0 Å². The average Bonchev–Trinajstić information content (AvgIpc) is 3.24. The number of fused-ring (bicyclic) bond motifs is 1. The first kappa shape index (κ1) is 25.6. The maximum absolute atomic E-state index is 13.1. The third-order valence-electron chi connectivity index (χ3n) is 6.03. The highest BCUT2D eigenvalue weighted by atomic mass is 16.5. The van der Waals surface area contributed by atoms with E-state index in [9.17, 15) is 14.4 Å². The number of hydrogen-bond donors (Lipinski definition) is 2. The molecule has 0 spiro atoms.